The van der Waals surface area contributed by atoms with Gasteiger partial charge in [0.15, 0.2) is 11.5 Å². The molecule has 2 N–H and O–H groups in total. The first-order valence-electron chi connectivity index (χ1n) is 7.85. The summed E-state index contributed by atoms with van der Waals surface area (Å²) in [6, 6.07) is 9.57. The Morgan fingerprint density at radius 3 is 2.31 bits per heavy atom. The predicted molar refractivity (Wildman–Crippen MR) is 104 cm³/mol. The van der Waals surface area contributed by atoms with Crippen LogP contribution in [-0.4, -0.2) is 38.3 Å². The third-order valence-corrected chi connectivity index (χ3v) is 4.48. The van der Waals surface area contributed by atoms with E-state index in [2.05, 4.69) is 20.0 Å². The second-order valence-corrected chi connectivity index (χ2v) is 6.32. The Balaban J connectivity index is 2.07. The topological polar surface area (TPSA) is 77.5 Å². The van der Waals surface area contributed by atoms with E-state index in [1.54, 1.807) is 21.3 Å². The lowest BCUT2D eigenvalue weighted by Gasteiger charge is -2.14. The average Bonchev–Trinajstić information content (AvgIpc) is 2.67. The van der Waals surface area contributed by atoms with E-state index in [1.165, 1.54) is 18.3 Å². The van der Waals surface area contributed by atoms with E-state index in [0.29, 0.717) is 17.3 Å². The van der Waals surface area contributed by atoms with E-state index in [4.69, 9.17) is 14.2 Å². The Bertz CT molecular complexity index is 920. The third-order valence-electron chi connectivity index (χ3n) is 3.78. The van der Waals surface area contributed by atoms with Gasteiger partial charge in [0, 0.05) is 16.3 Å². The van der Waals surface area contributed by atoms with Crippen LogP contribution < -0.4 is 24.2 Å². The number of fused-ring (bicyclic) bond motifs is 1. The molecule has 136 valence electrons. The molecular formula is C18H20N4O3S. The number of hydrogen-bond donors (Lipinski definition) is 2. The highest BCUT2D eigenvalue weighted by Crippen LogP contribution is 2.36. The van der Waals surface area contributed by atoms with Crippen LogP contribution >= 0.6 is 11.9 Å². The van der Waals surface area contributed by atoms with Gasteiger partial charge in [-0.1, -0.05) is 0 Å². The fourth-order valence-electron chi connectivity index (χ4n) is 2.58. The highest BCUT2D eigenvalue weighted by atomic mass is 32.2. The van der Waals surface area contributed by atoms with Gasteiger partial charge < -0.3 is 19.5 Å². The molecule has 0 aliphatic carbocycles. The molecule has 0 spiro atoms. The van der Waals surface area contributed by atoms with Gasteiger partial charge in [0.25, 0.3) is 0 Å². The summed E-state index contributed by atoms with van der Waals surface area (Å²) in [5.41, 5.74) is 1.56. The SMILES string of the molecule is CNSc1ccc(OC)c(Nc2ncnc3cc(OC)c(OC)cc23)c1. The van der Waals surface area contributed by atoms with Gasteiger partial charge in [-0.05, 0) is 43.3 Å². The summed E-state index contributed by atoms with van der Waals surface area (Å²) in [6.07, 6.45) is 1.51. The van der Waals surface area contributed by atoms with Gasteiger partial charge in [-0.25, -0.2) is 9.97 Å². The maximum Gasteiger partial charge on any atom is 0.162 e. The third kappa shape index (κ3) is 3.61. The predicted octanol–water partition coefficient (Wildman–Crippen LogP) is 3.63. The molecule has 26 heavy (non-hydrogen) atoms. The van der Waals surface area contributed by atoms with Gasteiger partial charge in [0.05, 0.1) is 32.5 Å². The molecule has 0 aliphatic heterocycles. The van der Waals surface area contributed by atoms with Gasteiger partial charge in [-0.2, -0.15) is 0 Å². The average molecular weight is 372 g/mol. The molecule has 0 atom stereocenters. The molecule has 0 radical (unpaired) electrons. The maximum atomic E-state index is 5.46. The summed E-state index contributed by atoms with van der Waals surface area (Å²) < 4.78 is 19.3. The van der Waals surface area contributed by atoms with Gasteiger partial charge in [-0.15, -0.1) is 0 Å². The Morgan fingerprint density at radius 1 is 0.885 bits per heavy atom. The normalized spacial score (nSPS) is 10.6. The maximum absolute atomic E-state index is 5.46. The van der Waals surface area contributed by atoms with Crippen LogP contribution in [0.4, 0.5) is 11.5 Å². The van der Waals surface area contributed by atoms with Crippen molar-refractivity contribution in [1.82, 2.24) is 14.7 Å². The summed E-state index contributed by atoms with van der Waals surface area (Å²) in [5.74, 6) is 2.61. The Morgan fingerprint density at radius 2 is 1.62 bits per heavy atom. The molecule has 7 nitrogen and oxygen atoms in total. The van der Waals surface area contributed by atoms with Crippen molar-refractivity contribution in [2.75, 3.05) is 33.7 Å². The summed E-state index contributed by atoms with van der Waals surface area (Å²) in [6.45, 7) is 0. The smallest absolute Gasteiger partial charge is 0.162 e. The quantitative estimate of drug-likeness (QED) is 0.609. The van der Waals surface area contributed by atoms with Crippen molar-refractivity contribution >= 4 is 34.4 Å². The number of methoxy groups -OCH3 is 3. The fourth-order valence-corrected chi connectivity index (χ4v) is 3.12. The second-order valence-electron chi connectivity index (χ2n) is 5.24. The number of anilines is 2. The zero-order valence-corrected chi connectivity index (χ0v) is 15.8. The van der Waals surface area contributed by atoms with E-state index in [-0.39, 0.29) is 0 Å². The molecule has 3 aromatic rings. The van der Waals surface area contributed by atoms with E-state index in [0.717, 1.165) is 27.2 Å². The van der Waals surface area contributed by atoms with Gasteiger partial charge in [-0.3, -0.25) is 4.72 Å². The first-order valence-corrected chi connectivity index (χ1v) is 8.67. The lowest BCUT2D eigenvalue weighted by atomic mass is 10.2. The largest absolute Gasteiger partial charge is 0.495 e. The van der Waals surface area contributed by atoms with Crippen LogP contribution in [0.25, 0.3) is 10.9 Å². The van der Waals surface area contributed by atoms with Crippen LogP contribution in [0.3, 0.4) is 0 Å². The second kappa shape index (κ2) is 8.11. The van der Waals surface area contributed by atoms with Crippen molar-refractivity contribution in [1.29, 1.82) is 0 Å². The molecule has 0 unspecified atom stereocenters. The molecule has 8 heteroatoms. The van der Waals surface area contributed by atoms with E-state index in [1.807, 2.05) is 37.4 Å². The number of aromatic nitrogens is 2. The van der Waals surface area contributed by atoms with Crippen molar-refractivity contribution in [3.05, 3.63) is 36.7 Å². The lowest BCUT2D eigenvalue weighted by molar-refractivity contribution is 0.356. The summed E-state index contributed by atoms with van der Waals surface area (Å²) >= 11 is 1.52. The summed E-state index contributed by atoms with van der Waals surface area (Å²) in [5, 5.41) is 4.16. The van der Waals surface area contributed by atoms with Crippen molar-refractivity contribution in [2.24, 2.45) is 0 Å². The standard InChI is InChI=1S/C18H20N4O3S/c1-19-26-11-5-6-15(23-2)14(7-11)22-18-12-8-16(24-3)17(25-4)9-13(12)20-10-21-18/h5-10,19H,1-4H3,(H,20,21,22). The molecular weight excluding hydrogens is 352 g/mol. The number of hydrogen-bond acceptors (Lipinski definition) is 8. The molecule has 0 aliphatic rings. The highest BCUT2D eigenvalue weighted by molar-refractivity contribution is 7.97. The highest BCUT2D eigenvalue weighted by Gasteiger charge is 2.13. The molecule has 2 aromatic carbocycles. The van der Waals surface area contributed by atoms with Crippen molar-refractivity contribution in [2.45, 2.75) is 4.90 Å². The number of rotatable bonds is 7. The molecule has 0 saturated carbocycles. The van der Waals surface area contributed by atoms with Crippen molar-refractivity contribution in [3.8, 4) is 17.2 Å². The molecule has 1 heterocycles. The minimum Gasteiger partial charge on any atom is -0.495 e. The summed E-state index contributed by atoms with van der Waals surface area (Å²) in [4.78, 5) is 9.76. The molecule has 0 fully saturated rings. The number of nitrogens with zero attached hydrogens (tertiary/aromatic N) is 2. The number of nitrogens with one attached hydrogen (secondary N) is 2. The first kappa shape index (κ1) is 18.1. The first-order chi connectivity index (χ1) is 12.7. The number of ether oxygens (including phenoxy) is 3. The van der Waals surface area contributed by atoms with Crippen LogP contribution in [0.2, 0.25) is 0 Å². The minimum atomic E-state index is 0.615. The Labute approximate surface area is 156 Å². The van der Waals surface area contributed by atoms with E-state index >= 15 is 0 Å². The van der Waals surface area contributed by atoms with Crippen molar-refractivity contribution in [3.63, 3.8) is 0 Å². The van der Waals surface area contributed by atoms with Gasteiger partial charge >= 0.3 is 0 Å². The Hall–Kier alpha value is -2.71. The van der Waals surface area contributed by atoms with Crippen LogP contribution in [-0.2, 0) is 0 Å². The molecule has 1 aromatic heterocycles. The molecule has 0 amide bonds. The minimum absolute atomic E-state index is 0.615. The molecule has 0 saturated heterocycles. The molecule has 3 rings (SSSR count). The van der Waals surface area contributed by atoms with Gasteiger partial charge in [0.2, 0.25) is 0 Å². The fraction of sp³-hybridized carbons (Fsp3) is 0.222. The van der Waals surface area contributed by atoms with Crippen LogP contribution in [0, 0.1) is 0 Å². The monoisotopic (exact) mass is 372 g/mol. The van der Waals surface area contributed by atoms with Crippen molar-refractivity contribution < 1.29 is 14.2 Å². The Kier molecular flexibility index (Phi) is 5.65. The number of benzene rings is 2. The van der Waals surface area contributed by atoms with E-state index < -0.39 is 0 Å². The zero-order valence-electron chi connectivity index (χ0n) is 15.0. The van der Waals surface area contributed by atoms with Gasteiger partial charge in [0.1, 0.15) is 17.9 Å². The summed E-state index contributed by atoms with van der Waals surface area (Å²) in [7, 11) is 6.71. The van der Waals surface area contributed by atoms with Crippen LogP contribution in [0.5, 0.6) is 17.2 Å². The van der Waals surface area contributed by atoms with Crippen LogP contribution in [0.15, 0.2) is 41.6 Å². The zero-order chi connectivity index (χ0) is 18.5. The van der Waals surface area contributed by atoms with Crippen LogP contribution in [0.1, 0.15) is 0 Å². The lowest BCUT2D eigenvalue weighted by Crippen LogP contribution is -2.00. The molecule has 0 bridgehead atoms. The van der Waals surface area contributed by atoms with E-state index in [9.17, 15) is 0 Å².